The van der Waals surface area contributed by atoms with E-state index in [-0.39, 0.29) is 0 Å². The number of nitrogens with two attached hydrogens (primary N) is 1. The van der Waals surface area contributed by atoms with Crippen LogP contribution in [-0.4, -0.2) is 12.6 Å². The lowest BCUT2D eigenvalue weighted by molar-refractivity contribution is 0.719. The number of benzene rings is 1. The summed E-state index contributed by atoms with van der Waals surface area (Å²) >= 11 is 3.53. The van der Waals surface area contributed by atoms with Gasteiger partial charge in [-0.25, -0.2) is 0 Å². The second-order valence-electron chi connectivity index (χ2n) is 5.03. The predicted octanol–water partition coefficient (Wildman–Crippen LogP) is 3.41. The quantitative estimate of drug-likeness (QED) is 0.857. The van der Waals surface area contributed by atoms with E-state index in [0.29, 0.717) is 0 Å². The van der Waals surface area contributed by atoms with Gasteiger partial charge < -0.3 is 10.6 Å². The summed E-state index contributed by atoms with van der Waals surface area (Å²) in [7, 11) is 0. The SMILES string of the molecule is Nc1ccc(Br)cc1N(CC1CC1)C1CC1. The van der Waals surface area contributed by atoms with Gasteiger partial charge in [0.25, 0.3) is 0 Å². The van der Waals surface area contributed by atoms with Gasteiger partial charge in [-0.2, -0.15) is 0 Å². The average molecular weight is 281 g/mol. The molecule has 0 radical (unpaired) electrons. The number of nitrogens with zero attached hydrogens (tertiary/aromatic N) is 1. The van der Waals surface area contributed by atoms with Crippen molar-refractivity contribution in [2.24, 2.45) is 5.92 Å². The Kier molecular flexibility index (Phi) is 2.58. The minimum atomic E-state index is 0.747. The molecule has 2 saturated carbocycles. The number of nitrogen functional groups attached to an aromatic ring is 1. The highest BCUT2D eigenvalue weighted by molar-refractivity contribution is 9.10. The summed E-state index contributed by atoms with van der Waals surface area (Å²) in [5.74, 6) is 0.916. The maximum absolute atomic E-state index is 6.09. The van der Waals surface area contributed by atoms with Gasteiger partial charge in [-0.05, 0) is 49.8 Å². The second-order valence-corrected chi connectivity index (χ2v) is 5.95. The molecule has 2 aliphatic rings. The van der Waals surface area contributed by atoms with Gasteiger partial charge in [-0.3, -0.25) is 0 Å². The van der Waals surface area contributed by atoms with Crippen molar-refractivity contribution in [2.45, 2.75) is 31.7 Å². The van der Waals surface area contributed by atoms with E-state index in [1.807, 2.05) is 12.1 Å². The minimum absolute atomic E-state index is 0.747. The number of hydrogen-bond donors (Lipinski definition) is 1. The van der Waals surface area contributed by atoms with Crippen molar-refractivity contribution >= 4 is 27.3 Å². The van der Waals surface area contributed by atoms with Gasteiger partial charge in [0, 0.05) is 17.1 Å². The number of halogens is 1. The van der Waals surface area contributed by atoms with Crippen molar-refractivity contribution in [3.05, 3.63) is 22.7 Å². The Bertz CT molecular complexity index is 397. The first-order chi connectivity index (χ1) is 7.74. The molecule has 0 atom stereocenters. The van der Waals surface area contributed by atoms with Crippen molar-refractivity contribution in [2.75, 3.05) is 17.2 Å². The van der Waals surface area contributed by atoms with Crippen LogP contribution >= 0.6 is 15.9 Å². The third-order valence-electron chi connectivity index (χ3n) is 3.44. The third kappa shape index (κ3) is 2.19. The van der Waals surface area contributed by atoms with E-state index in [9.17, 15) is 0 Å². The molecule has 0 unspecified atom stereocenters. The van der Waals surface area contributed by atoms with Crippen LogP contribution < -0.4 is 10.6 Å². The van der Waals surface area contributed by atoms with Gasteiger partial charge in [0.15, 0.2) is 0 Å². The van der Waals surface area contributed by atoms with Crippen LogP contribution in [0.3, 0.4) is 0 Å². The van der Waals surface area contributed by atoms with Crippen LogP contribution in [0.2, 0.25) is 0 Å². The molecule has 1 aromatic carbocycles. The molecule has 2 N–H and O–H groups in total. The van der Waals surface area contributed by atoms with E-state index in [4.69, 9.17) is 5.73 Å². The van der Waals surface area contributed by atoms with Gasteiger partial charge in [0.1, 0.15) is 0 Å². The van der Waals surface area contributed by atoms with Crippen LogP contribution in [0.15, 0.2) is 22.7 Å². The second kappa shape index (κ2) is 3.95. The van der Waals surface area contributed by atoms with Crippen LogP contribution in [0.1, 0.15) is 25.7 Å². The molecule has 2 fully saturated rings. The van der Waals surface area contributed by atoms with E-state index in [1.165, 1.54) is 37.9 Å². The van der Waals surface area contributed by atoms with Gasteiger partial charge in [-0.15, -0.1) is 0 Å². The Morgan fingerprint density at radius 1 is 1.25 bits per heavy atom. The average Bonchev–Trinajstić information content (AvgIpc) is 3.12. The molecule has 0 spiro atoms. The Hall–Kier alpha value is -0.700. The van der Waals surface area contributed by atoms with Crippen molar-refractivity contribution in [3.63, 3.8) is 0 Å². The fourth-order valence-corrected chi connectivity index (χ4v) is 2.52. The summed E-state index contributed by atoms with van der Waals surface area (Å²) < 4.78 is 1.12. The van der Waals surface area contributed by atoms with Crippen LogP contribution in [0.25, 0.3) is 0 Å². The maximum Gasteiger partial charge on any atom is 0.0613 e. The Labute approximate surface area is 105 Å². The van der Waals surface area contributed by atoms with Crippen LogP contribution in [0, 0.1) is 5.92 Å². The number of anilines is 2. The summed E-state index contributed by atoms with van der Waals surface area (Å²) in [5.41, 5.74) is 8.23. The molecule has 0 heterocycles. The van der Waals surface area contributed by atoms with Crippen molar-refractivity contribution in [1.82, 2.24) is 0 Å². The Morgan fingerprint density at radius 3 is 2.62 bits per heavy atom. The van der Waals surface area contributed by atoms with Crippen LogP contribution in [-0.2, 0) is 0 Å². The summed E-state index contributed by atoms with van der Waals surface area (Å²) in [5, 5.41) is 0. The third-order valence-corrected chi connectivity index (χ3v) is 3.93. The maximum atomic E-state index is 6.09. The first-order valence-electron chi connectivity index (χ1n) is 6.05. The molecular formula is C13H17BrN2. The van der Waals surface area contributed by atoms with E-state index in [2.05, 4.69) is 26.9 Å². The smallest absolute Gasteiger partial charge is 0.0613 e. The summed E-state index contributed by atoms with van der Waals surface area (Å²) in [6, 6.07) is 6.93. The largest absolute Gasteiger partial charge is 0.397 e. The topological polar surface area (TPSA) is 29.3 Å². The lowest BCUT2D eigenvalue weighted by Gasteiger charge is -2.26. The first-order valence-corrected chi connectivity index (χ1v) is 6.85. The van der Waals surface area contributed by atoms with Gasteiger partial charge in [-0.1, -0.05) is 15.9 Å². The van der Waals surface area contributed by atoms with Crippen LogP contribution in [0.5, 0.6) is 0 Å². The van der Waals surface area contributed by atoms with Crippen molar-refractivity contribution < 1.29 is 0 Å². The first kappa shape index (κ1) is 10.5. The molecule has 2 nitrogen and oxygen atoms in total. The molecule has 3 heteroatoms. The molecule has 2 aliphatic carbocycles. The lowest BCUT2D eigenvalue weighted by atomic mass is 10.2. The highest BCUT2D eigenvalue weighted by atomic mass is 79.9. The number of rotatable bonds is 4. The van der Waals surface area contributed by atoms with E-state index in [0.717, 1.165) is 22.1 Å². The highest BCUT2D eigenvalue weighted by Gasteiger charge is 2.34. The predicted molar refractivity (Wildman–Crippen MR) is 71.6 cm³/mol. The highest BCUT2D eigenvalue weighted by Crippen LogP contribution is 2.40. The zero-order chi connectivity index (χ0) is 11.1. The number of hydrogen-bond acceptors (Lipinski definition) is 2. The van der Waals surface area contributed by atoms with Gasteiger partial charge >= 0.3 is 0 Å². The summed E-state index contributed by atoms with van der Waals surface area (Å²) in [6.07, 6.45) is 5.46. The van der Waals surface area contributed by atoms with Crippen molar-refractivity contribution in [3.8, 4) is 0 Å². The Morgan fingerprint density at radius 2 is 2.00 bits per heavy atom. The van der Waals surface area contributed by atoms with E-state index in [1.54, 1.807) is 0 Å². The van der Waals surface area contributed by atoms with Gasteiger partial charge in [0.05, 0.1) is 11.4 Å². The molecule has 0 amide bonds. The fraction of sp³-hybridized carbons (Fsp3) is 0.538. The fourth-order valence-electron chi connectivity index (χ4n) is 2.17. The molecular weight excluding hydrogens is 264 g/mol. The molecule has 16 heavy (non-hydrogen) atoms. The molecule has 0 bridgehead atoms. The molecule has 0 aromatic heterocycles. The normalized spacial score (nSPS) is 19.8. The molecule has 1 aromatic rings. The standard InChI is InChI=1S/C13H17BrN2/c14-10-3-6-12(15)13(7-10)16(11-4-5-11)8-9-1-2-9/h3,6-7,9,11H,1-2,4-5,8,15H2. The monoisotopic (exact) mass is 280 g/mol. The van der Waals surface area contributed by atoms with Crippen molar-refractivity contribution in [1.29, 1.82) is 0 Å². The van der Waals surface area contributed by atoms with Crippen LogP contribution in [0.4, 0.5) is 11.4 Å². The molecule has 86 valence electrons. The van der Waals surface area contributed by atoms with E-state index >= 15 is 0 Å². The summed E-state index contributed by atoms with van der Waals surface area (Å²) in [6.45, 7) is 1.20. The summed E-state index contributed by atoms with van der Waals surface area (Å²) in [4.78, 5) is 2.53. The van der Waals surface area contributed by atoms with E-state index < -0.39 is 0 Å². The zero-order valence-electron chi connectivity index (χ0n) is 9.32. The molecule has 0 aliphatic heterocycles. The lowest BCUT2D eigenvalue weighted by Crippen LogP contribution is -2.28. The molecule has 0 saturated heterocycles. The zero-order valence-corrected chi connectivity index (χ0v) is 10.9. The minimum Gasteiger partial charge on any atom is -0.397 e. The van der Waals surface area contributed by atoms with Gasteiger partial charge in [0.2, 0.25) is 0 Å². The molecule has 3 rings (SSSR count). The Balaban J connectivity index is 1.87.